The number of rotatable bonds is 7. The summed E-state index contributed by atoms with van der Waals surface area (Å²) >= 11 is 5.97. The SMILES string of the molecule is Clc1ccc(CN2CCCC(OCCc3noc(C4CCOCC4)n3)C2)cc1. The Morgan fingerprint density at radius 2 is 1.96 bits per heavy atom. The molecule has 0 spiro atoms. The highest BCUT2D eigenvalue weighted by Crippen LogP contribution is 2.25. The van der Waals surface area contributed by atoms with Crippen molar-refractivity contribution < 1.29 is 14.0 Å². The Kier molecular flexibility index (Phi) is 6.96. The summed E-state index contributed by atoms with van der Waals surface area (Å²) in [5, 5.41) is 4.91. The minimum Gasteiger partial charge on any atom is -0.381 e. The number of nitrogens with zero attached hydrogens (tertiary/aromatic N) is 3. The van der Waals surface area contributed by atoms with Gasteiger partial charge in [-0.05, 0) is 49.9 Å². The molecule has 2 saturated heterocycles. The second kappa shape index (κ2) is 9.83. The molecule has 1 unspecified atom stereocenters. The van der Waals surface area contributed by atoms with Crippen LogP contribution in [-0.4, -0.2) is 54.1 Å². The second-order valence-electron chi connectivity index (χ2n) is 7.68. The van der Waals surface area contributed by atoms with Crippen LogP contribution in [0, 0.1) is 0 Å². The Bertz CT molecular complexity index is 731. The molecule has 3 heterocycles. The third-order valence-electron chi connectivity index (χ3n) is 5.52. The number of hydrogen-bond acceptors (Lipinski definition) is 6. The Balaban J connectivity index is 1.20. The normalized spacial score (nSPS) is 21.8. The van der Waals surface area contributed by atoms with Gasteiger partial charge in [0, 0.05) is 43.7 Å². The molecule has 1 atom stereocenters. The van der Waals surface area contributed by atoms with Gasteiger partial charge in [-0.15, -0.1) is 0 Å². The smallest absolute Gasteiger partial charge is 0.229 e. The van der Waals surface area contributed by atoms with E-state index < -0.39 is 0 Å². The molecular weight excluding hydrogens is 378 g/mol. The summed E-state index contributed by atoms with van der Waals surface area (Å²) in [6, 6.07) is 8.10. The van der Waals surface area contributed by atoms with Crippen LogP contribution in [0.5, 0.6) is 0 Å². The van der Waals surface area contributed by atoms with Crippen molar-refractivity contribution in [3.05, 3.63) is 46.6 Å². The van der Waals surface area contributed by atoms with Crippen LogP contribution in [0.1, 0.15) is 48.9 Å². The van der Waals surface area contributed by atoms with Crippen LogP contribution in [0.15, 0.2) is 28.8 Å². The van der Waals surface area contributed by atoms with E-state index in [1.165, 1.54) is 5.56 Å². The highest BCUT2D eigenvalue weighted by molar-refractivity contribution is 6.30. The fraction of sp³-hybridized carbons (Fsp3) is 0.619. The minimum absolute atomic E-state index is 0.267. The van der Waals surface area contributed by atoms with Gasteiger partial charge in [0.1, 0.15) is 0 Å². The summed E-state index contributed by atoms with van der Waals surface area (Å²) in [5.74, 6) is 1.84. The lowest BCUT2D eigenvalue weighted by Gasteiger charge is -2.32. The van der Waals surface area contributed by atoms with Gasteiger partial charge < -0.3 is 14.0 Å². The minimum atomic E-state index is 0.267. The average Bonchev–Trinajstić information content (AvgIpc) is 3.20. The van der Waals surface area contributed by atoms with Gasteiger partial charge in [-0.2, -0.15) is 4.98 Å². The van der Waals surface area contributed by atoms with Gasteiger partial charge >= 0.3 is 0 Å². The summed E-state index contributed by atoms with van der Waals surface area (Å²) < 4.78 is 17.0. The zero-order chi connectivity index (χ0) is 19.2. The Labute approximate surface area is 171 Å². The number of ether oxygens (including phenoxy) is 2. The first-order valence-electron chi connectivity index (χ1n) is 10.2. The first kappa shape index (κ1) is 19.8. The maximum atomic E-state index is 6.12. The number of halogens is 1. The van der Waals surface area contributed by atoms with E-state index in [-0.39, 0.29) is 6.10 Å². The van der Waals surface area contributed by atoms with Gasteiger partial charge in [0.05, 0.1) is 12.7 Å². The van der Waals surface area contributed by atoms with Crippen molar-refractivity contribution in [2.45, 2.75) is 50.7 Å². The number of piperidine rings is 1. The van der Waals surface area contributed by atoms with Crippen LogP contribution in [0.25, 0.3) is 0 Å². The molecule has 28 heavy (non-hydrogen) atoms. The molecule has 4 rings (SSSR count). The lowest BCUT2D eigenvalue weighted by atomic mass is 10.0. The molecular formula is C21H28ClN3O3. The van der Waals surface area contributed by atoms with Crippen molar-refractivity contribution in [1.29, 1.82) is 0 Å². The molecule has 1 aromatic carbocycles. The van der Waals surface area contributed by atoms with Crippen molar-refractivity contribution in [3.8, 4) is 0 Å². The van der Waals surface area contributed by atoms with Crippen LogP contribution in [-0.2, 0) is 22.4 Å². The van der Waals surface area contributed by atoms with E-state index in [1.807, 2.05) is 12.1 Å². The molecule has 2 aliphatic rings. The Morgan fingerprint density at radius 3 is 2.79 bits per heavy atom. The van der Waals surface area contributed by atoms with Crippen molar-refractivity contribution in [3.63, 3.8) is 0 Å². The van der Waals surface area contributed by atoms with E-state index in [4.69, 9.17) is 25.6 Å². The lowest BCUT2D eigenvalue weighted by molar-refractivity contribution is -0.00175. The molecule has 0 N–H and O–H groups in total. The summed E-state index contributed by atoms with van der Waals surface area (Å²) in [4.78, 5) is 7.01. The molecule has 2 fully saturated rings. The van der Waals surface area contributed by atoms with Gasteiger partial charge in [-0.1, -0.05) is 28.9 Å². The molecule has 0 radical (unpaired) electrons. The molecule has 7 heteroatoms. The van der Waals surface area contributed by atoms with Crippen LogP contribution in [0.2, 0.25) is 5.02 Å². The third-order valence-corrected chi connectivity index (χ3v) is 5.77. The first-order valence-corrected chi connectivity index (χ1v) is 10.6. The largest absolute Gasteiger partial charge is 0.381 e. The zero-order valence-electron chi connectivity index (χ0n) is 16.2. The maximum Gasteiger partial charge on any atom is 0.229 e. The first-order chi connectivity index (χ1) is 13.8. The molecule has 2 aromatic rings. The fourth-order valence-corrected chi connectivity index (χ4v) is 4.06. The number of hydrogen-bond donors (Lipinski definition) is 0. The second-order valence-corrected chi connectivity index (χ2v) is 8.12. The molecule has 152 valence electrons. The van der Waals surface area contributed by atoms with Crippen LogP contribution in [0.3, 0.4) is 0 Å². The topological polar surface area (TPSA) is 60.6 Å². The van der Waals surface area contributed by atoms with Crippen LogP contribution < -0.4 is 0 Å². The molecule has 0 bridgehead atoms. The van der Waals surface area contributed by atoms with Crippen molar-refractivity contribution >= 4 is 11.6 Å². The van der Waals surface area contributed by atoms with E-state index in [9.17, 15) is 0 Å². The van der Waals surface area contributed by atoms with Gasteiger partial charge in [-0.25, -0.2) is 0 Å². The molecule has 1 aromatic heterocycles. The van der Waals surface area contributed by atoms with E-state index in [0.717, 1.165) is 75.3 Å². The highest BCUT2D eigenvalue weighted by Gasteiger charge is 2.23. The molecule has 0 aliphatic carbocycles. The van der Waals surface area contributed by atoms with Crippen molar-refractivity contribution in [2.75, 3.05) is 32.9 Å². The van der Waals surface area contributed by atoms with Crippen molar-refractivity contribution in [1.82, 2.24) is 15.0 Å². The highest BCUT2D eigenvalue weighted by atomic mass is 35.5. The van der Waals surface area contributed by atoms with Gasteiger partial charge in [0.15, 0.2) is 5.82 Å². The summed E-state index contributed by atoms with van der Waals surface area (Å²) in [6.45, 7) is 5.20. The van der Waals surface area contributed by atoms with Gasteiger partial charge in [0.2, 0.25) is 5.89 Å². The summed E-state index contributed by atoms with van der Waals surface area (Å²) in [6.07, 6.45) is 5.15. The summed E-state index contributed by atoms with van der Waals surface area (Å²) in [5.41, 5.74) is 1.29. The predicted octanol–water partition coefficient (Wildman–Crippen LogP) is 3.84. The van der Waals surface area contributed by atoms with E-state index in [2.05, 4.69) is 27.2 Å². The van der Waals surface area contributed by atoms with E-state index in [1.54, 1.807) is 0 Å². The van der Waals surface area contributed by atoms with Crippen LogP contribution in [0.4, 0.5) is 0 Å². The lowest BCUT2D eigenvalue weighted by Crippen LogP contribution is -2.39. The fourth-order valence-electron chi connectivity index (χ4n) is 3.94. The Morgan fingerprint density at radius 1 is 1.14 bits per heavy atom. The molecule has 0 amide bonds. The van der Waals surface area contributed by atoms with E-state index in [0.29, 0.717) is 18.9 Å². The molecule has 2 aliphatic heterocycles. The zero-order valence-corrected chi connectivity index (χ0v) is 16.9. The number of aromatic nitrogens is 2. The quantitative estimate of drug-likeness (QED) is 0.697. The standard InChI is InChI=1S/C21H28ClN3O3/c22-18-5-3-16(4-6-18)14-25-10-1-2-19(15-25)27-13-9-20-23-21(28-24-20)17-7-11-26-12-8-17/h3-6,17,19H,1-2,7-15H2. The monoisotopic (exact) mass is 405 g/mol. The molecule has 6 nitrogen and oxygen atoms in total. The molecule has 0 saturated carbocycles. The van der Waals surface area contributed by atoms with E-state index >= 15 is 0 Å². The Hall–Kier alpha value is -1.47. The number of likely N-dealkylation sites (tertiary alicyclic amines) is 1. The van der Waals surface area contributed by atoms with Gasteiger partial charge in [-0.3, -0.25) is 4.90 Å². The third kappa shape index (κ3) is 5.54. The van der Waals surface area contributed by atoms with Gasteiger partial charge in [0.25, 0.3) is 0 Å². The van der Waals surface area contributed by atoms with Crippen molar-refractivity contribution in [2.24, 2.45) is 0 Å². The van der Waals surface area contributed by atoms with Crippen LogP contribution >= 0.6 is 11.6 Å². The number of benzene rings is 1. The average molecular weight is 406 g/mol. The predicted molar refractivity (Wildman–Crippen MR) is 106 cm³/mol. The maximum absolute atomic E-state index is 6.12. The summed E-state index contributed by atoms with van der Waals surface area (Å²) in [7, 11) is 0.